The van der Waals surface area contributed by atoms with E-state index in [0.29, 0.717) is 0 Å². The number of amidine groups is 1. The quantitative estimate of drug-likeness (QED) is 0.751. The van der Waals surface area contributed by atoms with Crippen molar-refractivity contribution in [3.05, 3.63) is 0 Å². The number of aliphatic carboxylic acids is 1. The zero-order chi connectivity index (χ0) is 10.7. The Morgan fingerprint density at radius 3 is 3.13 bits per heavy atom. The second-order valence-corrected chi connectivity index (χ2v) is 4.34. The van der Waals surface area contributed by atoms with Crippen molar-refractivity contribution in [1.82, 2.24) is 4.90 Å². The highest BCUT2D eigenvalue weighted by molar-refractivity contribution is 5.84. The number of nitrogens with zero attached hydrogens (tertiary/aromatic N) is 2. The number of hydrogen-bond acceptors (Lipinski definition) is 3. The Balaban J connectivity index is 2.10. The van der Waals surface area contributed by atoms with Gasteiger partial charge in [-0.15, -0.1) is 0 Å². The van der Waals surface area contributed by atoms with Crippen LogP contribution in [0.1, 0.15) is 38.5 Å². The lowest BCUT2D eigenvalue weighted by atomic mass is 10.1. The van der Waals surface area contributed by atoms with Crippen LogP contribution in [0, 0.1) is 0 Å². The maximum atomic E-state index is 10.8. The minimum atomic E-state index is -0.688. The molecule has 2 aliphatic heterocycles. The van der Waals surface area contributed by atoms with Crippen LogP contribution in [0.4, 0.5) is 0 Å². The fourth-order valence-electron chi connectivity index (χ4n) is 2.52. The van der Waals surface area contributed by atoms with Crippen LogP contribution < -0.4 is 0 Å². The van der Waals surface area contributed by atoms with Gasteiger partial charge in [-0.3, -0.25) is 9.79 Å². The molecule has 2 rings (SSSR count). The van der Waals surface area contributed by atoms with E-state index >= 15 is 0 Å². The number of carbonyl (C=O) groups is 1. The molecule has 0 spiro atoms. The minimum absolute atomic E-state index is 0.184. The van der Waals surface area contributed by atoms with Crippen molar-refractivity contribution in [2.75, 3.05) is 13.1 Å². The highest BCUT2D eigenvalue weighted by atomic mass is 16.4. The summed E-state index contributed by atoms with van der Waals surface area (Å²) in [5.74, 6) is 0.469. The van der Waals surface area contributed by atoms with Gasteiger partial charge in [-0.1, -0.05) is 6.42 Å². The summed E-state index contributed by atoms with van der Waals surface area (Å²) in [4.78, 5) is 17.5. The summed E-state index contributed by atoms with van der Waals surface area (Å²) in [6.07, 6.45) is 5.67. The second kappa shape index (κ2) is 4.64. The Morgan fingerprint density at radius 2 is 2.33 bits per heavy atom. The van der Waals surface area contributed by atoms with Gasteiger partial charge >= 0.3 is 5.97 Å². The summed E-state index contributed by atoms with van der Waals surface area (Å²) in [7, 11) is 0. The van der Waals surface area contributed by atoms with Gasteiger partial charge in [0.25, 0.3) is 0 Å². The van der Waals surface area contributed by atoms with Crippen LogP contribution in [0.5, 0.6) is 0 Å². The van der Waals surface area contributed by atoms with Crippen molar-refractivity contribution in [1.29, 1.82) is 0 Å². The molecule has 0 radical (unpaired) electrons. The van der Waals surface area contributed by atoms with E-state index in [4.69, 9.17) is 5.11 Å². The van der Waals surface area contributed by atoms with Crippen LogP contribution in [0.2, 0.25) is 0 Å². The fourth-order valence-corrected chi connectivity index (χ4v) is 2.52. The van der Waals surface area contributed by atoms with E-state index in [1.54, 1.807) is 0 Å². The number of aliphatic imine (C=N–C) groups is 1. The molecule has 0 aromatic carbocycles. The van der Waals surface area contributed by atoms with Gasteiger partial charge in [0.2, 0.25) is 0 Å². The molecule has 0 amide bonds. The lowest BCUT2D eigenvalue weighted by molar-refractivity contribution is -0.138. The van der Waals surface area contributed by atoms with E-state index in [9.17, 15) is 4.79 Å². The van der Waals surface area contributed by atoms with Gasteiger partial charge in [0, 0.05) is 25.6 Å². The van der Waals surface area contributed by atoms with E-state index in [0.717, 1.165) is 51.0 Å². The normalized spacial score (nSPS) is 26.5. The smallest absolute Gasteiger partial charge is 0.305 e. The van der Waals surface area contributed by atoms with Crippen LogP contribution in [-0.2, 0) is 4.79 Å². The van der Waals surface area contributed by atoms with Crippen molar-refractivity contribution < 1.29 is 9.90 Å². The lowest BCUT2D eigenvalue weighted by Gasteiger charge is -2.34. The Kier molecular flexibility index (Phi) is 3.23. The first-order valence-corrected chi connectivity index (χ1v) is 5.79. The van der Waals surface area contributed by atoms with Gasteiger partial charge < -0.3 is 10.0 Å². The predicted molar refractivity (Wildman–Crippen MR) is 58.1 cm³/mol. The fraction of sp³-hybridized carbons (Fsp3) is 0.818. The molecule has 1 unspecified atom stereocenters. The molecule has 1 atom stereocenters. The third-order valence-corrected chi connectivity index (χ3v) is 3.22. The Morgan fingerprint density at radius 1 is 1.47 bits per heavy atom. The zero-order valence-corrected chi connectivity index (χ0v) is 8.98. The Labute approximate surface area is 90.0 Å². The first-order valence-electron chi connectivity index (χ1n) is 5.79. The summed E-state index contributed by atoms with van der Waals surface area (Å²) >= 11 is 0. The van der Waals surface area contributed by atoms with Crippen LogP contribution in [0.3, 0.4) is 0 Å². The largest absolute Gasteiger partial charge is 0.481 e. The zero-order valence-electron chi connectivity index (χ0n) is 8.98. The van der Waals surface area contributed by atoms with E-state index < -0.39 is 5.97 Å². The summed E-state index contributed by atoms with van der Waals surface area (Å²) in [6.45, 7) is 1.92. The maximum Gasteiger partial charge on any atom is 0.305 e. The van der Waals surface area contributed by atoms with Gasteiger partial charge in [-0.2, -0.15) is 0 Å². The third kappa shape index (κ3) is 2.49. The SMILES string of the molecule is O=C(O)CC1CCCCC2=NCCCN21. The number of carboxylic acids is 1. The van der Waals surface area contributed by atoms with Crippen molar-refractivity contribution in [3.63, 3.8) is 0 Å². The van der Waals surface area contributed by atoms with Crippen LogP contribution in [0.15, 0.2) is 4.99 Å². The van der Waals surface area contributed by atoms with Gasteiger partial charge in [0.1, 0.15) is 0 Å². The molecule has 0 saturated carbocycles. The van der Waals surface area contributed by atoms with Crippen LogP contribution in [0.25, 0.3) is 0 Å². The molecule has 4 heteroatoms. The van der Waals surface area contributed by atoms with Gasteiger partial charge in [-0.25, -0.2) is 0 Å². The van der Waals surface area contributed by atoms with Crippen LogP contribution in [-0.4, -0.2) is 40.9 Å². The van der Waals surface area contributed by atoms with Gasteiger partial charge in [0.05, 0.1) is 12.3 Å². The maximum absolute atomic E-state index is 10.8. The topological polar surface area (TPSA) is 52.9 Å². The molecular formula is C11H18N2O2. The monoisotopic (exact) mass is 210 g/mol. The molecule has 15 heavy (non-hydrogen) atoms. The number of rotatable bonds is 2. The summed E-state index contributed by atoms with van der Waals surface area (Å²) < 4.78 is 0. The molecule has 0 aliphatic carbocycles. The molecule has 1 saturated heterocycles. The van der Waals surface area contributed by atoms with Crippen molar-refractivity contribution >= 4 is 11.8 Å². The Hall–Kier alpha value is -1.06. The van der Waals surface area contributed by atoms with E-state index in [2.05, 4.69) is 9.89 Å². The molecule has 84 valence electrons. The number of carboxylic acid groups (broad SMARTS) is 1. The number of fused-ring (bicyclic) bond motifs is 1. The molecular weight excluding hydrogens is 192 g/mol. The molecule has 1 N–H and O–H groups in total. The van der Waals surface area contributed by atoms with Gasteiger partial charge in [0.15, 0.2) is 0 Å². The van der Waals surface area contributed by atoms with Crippen LogP contribution >= 0.6 is 0 Å². The average Bonchev–Trinajstić information content (AvgIpc) is 2.41. The highest BCUT2D eigenvalue weighted by Crippen LogP contribution is 2.23. The molecule has 0 bridgehead atoms. The third-order valence-electron chi connectivity index (χ3n) is 3.22. The highest BCUT2D eigenvalue weighted by Gasteiger charge is 2.27. The van der Waals surface area contributed by atoms with Crippen molar-refractivity contribution in [2.45, 2.75) is 44.6 Å². The molecule has 2 aliphatic rings. The molecule has 4 nitrogen and oxygen atoms in total. The predicted octanol–water partition coefficient (Wildman–Crippen LogP) is 1.51. The van der Waals surface area contributed by atoms with Crippen molar-refractivity contribution in [2.24, 2.45) is 4.99 Å². The first-order chi connectivity index (χ1) is 7.27. The van der Waals surface area contributed by atoms with E-state index in [-0.39, 0.29) is 12.5 Å². The van der Waals surface area contributed by atoms with E-state index in [1.165, 1.54) is 0 Å². The molecule has 2 heterocycles. The van der Waals surface area contributed by atoms with Gasteiger partial charge in [-0.05, 0) is 19.3 Å². The lowest BCUT2D eigenvalue weighted by Crippen LogP contribution is -2.43. The summed E-state index contributed by atoms with van der Waals surface area (Å²) in [5, 5.41) is 8.88. The minimum Gasteiger partial charge on any atom is -0.481 e. The standard InChI is InChI=1S/C11H18N2O2/c14-11(15)8-9-4-1-2-5-10-12-6-3-7-13(9)10/h9H,1-8H2,(H,14,15). The summed E-state index contributed by atoms with van der Waals surface area (Å²) in [6, 6.07) is 0.184. The first kappa shape index (κ1) is 10.5. The second-order valence-electron chi connectivity index (χ2n) is 4.34. The number of hydrogen-bond donors (Lipinski definition) is 1. The van der Waals surface area contributed by atoms with E-state index in [1.807, 2.05) is 0 Å². The average molecular weight is 210 g/mol. The molecule has 1 fully saturated rings. The van der Waals surface area contributed by atoms with Crippen molar-refractivity contribution in [3.8, 4) is 0 Å². The molecule has 0 aromatic rings. The summed E-state index contributed by atoms with van der Waals surface area (Å²) in [5.41, 5.74) is 0. The molecule has 0 aromatic heterocycles. The Bertz CT molecular complexity index is 276.